The van der Waals surface area contributed by atoms with Crippen LogP contribution in [0.3, 0.4) is 0 Å². The predicted molar refractivity (Wildman–Crippen MR) is 81.9 cm³/mol. The van der Waals surface area contributed by atoms with E-state index in [2.05, 4.69) is 18.7 Å². The highest BCUT2D eigenvalue weighted by Crippen LogP contribution is 2.43. The van der Waals surface area contributed by atoms with Crippen molar-refractivity contribution in [3.05, 3.63) is 0 Å². The third-order valence-electron chi connectivity index (χ3n) is 5.44. The molecule has 1 heterocycles. The Morgan fingerprint density at radius 3 is 2.16 bits per heavy atom. The lowest BCUT2D eigenvalue weighted by Gasteiger charge is -2.42. The van der Waals surface area contributed by atoms with Gasteiger partial charge in [-0.15, -0.1) is 0 Å². The van der Waals surface area contributed by atoms with Crippen molar-refractivity contribution in [2.75, 3.05) is 13.1 Å². The minimum atomic E-state index is -0.0586. The second-order valence-corrected chi connectivity index (χ2v) is 7.00. The van der Waals surface area contributed by atoms with Gasteiger partial charge in [-0.3, -0.25) is 4.79 Å². The zero-order chi connectivity index (χ0) is 14.1. The van der Waals surface area contributed by atoms with Gasteiger partial charge in [0.2, 0.25) is 5.91 Å². The summed E-state index contributed by atoms with van der Waals surface area (Å²) in [5.41, 5.74) is 5.71. The van der Waals surface area contributed by atoms with Crippen LogP contribution >= 0.6 is 12.2 Å². The molecule has 3 nitrogen and oxygen atoms in total. The number of hydrogen-bond donors (Lipinski definition) is 1. The van der Waals surface area contributed by atoms with Crippen molar-refractivity contribution in [2.24, 2.45) is 16.6 Å². The normalized spacial score (nSPS) is 25.3. The monoisotopic (exact) mass is 282 g/mol. The highest BCUT2D eigenvalue weighted by molar-refractivity contribution is 7.80. The van der Waals surface area contributed by atoms with E-state index in [-0.39, 0.29) is 10.8 Å². The Labute approximate surface area is 121 Å². The van der Waals surface area contributed by atoms with E-state index in [9.17, 15) is 4.79 Å². The average Bonchev–Trinajstić information content (AvgIpc) is 2.88. The van der Waals surface area contributed by atoms with Gasteiger partial charge in [0.25, 0.3) is 0 Å². The number of rotatable bonds is 3. The van der Waals surface area contributed by atoms with Gasteiger partial charge < -0.3 is 10.6 Å². The zero-order valence-electron chi connectivity index (χ0n) is 12.2. The molecule has 0 aromatic rings. The average molecular weight is 282 g/mol. The lowest BCUT2D eigenvalue weighted by Crippen LogP contribution is -2.50. The number of nitrogens with zero attached hydrogens (tertiary/aromatic N) is 1. The molecule has 19 heavy (non-hydrogen) atoms. The van der Waals surface area contributed by atoms with Gasteiger partial charge in [0.05, 0.1) is 4.99 Å². The molecule has 0 aromatic carbocycles. The van der Waals surface area contributed by atoms with Crippen molar-refractivity contribution in [3.8, 4) is 0 Å². The first-order chi connectivity index (χ1) is 8.93. The van der Waals surface area contributed by atoms with E-state index in [1.54, 1.807) is 0 Å². The molecule has 0 atom stereocenters. The van der Waals surface area contributed by atoms with Gasteiger partial charge in [-0.2, -0.15) is 0 Å². The summed E-state index contributed by atoms with van der Waals surface area (Å²) < 4.78 is 0. The molecule has 2 aliphatic rings. The van der Waals surface area contributed by atoms with Crippen molar-refractivity contribution in [3.63, 3.8) is 0 Å². The van der Waals surface area contributed by atoms with Crippen LogP contribution in [0.2, 0.25) is 0 Å². The third kappa shape index (κ3) is 2.64. The molecule has 1 saturated carbocycles. The summed E-state index contributed by atoms with van der Waals surface area (Å²) in [6, 6.07) is 0. The Balaban J connectivity index is 2.01. The Morgan fingerprint density at radius 1 is 1.21 bits per heavy atom. The molecule has 2 rings (SSSR count). The molecule has 0 unspecified atom stereocenters. The van der Waals surface area contributed by atoms with Crippen LogP contribution in [0.4, 0.5) is 0 Å². The van der Waals surface area contributed by atoms with E-state index < -0.39 is 0 Å². The summed E-state index contributed by atoms with van der Waals surface area (Å²) in [4.78, 5) is 15.5. The van der Waals surface area contributed by atoms with Gasteiger partial charge in [0, 0.05) is 23.9 Å². The molecule has 2 fully saturated rings. The zero-order valence-corrected chi connectivity index (χ0v) is 13.0. The van der Waals surface area contributed by atoms with E-state index in [0.717, 1.165) is 45.2 Å². The molecule has 4 heteroatoms. The van der Waals surface area contributed by atoms with E-state index in [0.29, 0.717) is 10.9 Å². The molecular weight excluding hydrogens is 256 g/mol. The Kier molecular flexibility index (Phi) is 4.19. The Morgan fingerprint density at radius 2 is 1.74 bits per heavy atom. The van der Waals surface area contributed by atoms with E-state index in [4.69, 9.17) is 18.0 Å². The second-order valence-electron chi connectivity index (χ2n) is 6.56. The number of piperidine rings is 1. The van der Waals surface area contributed by atoms with Gasteiger partial charge in [-0.25, -0.2) is 0 Å². The fourth-order valence-electron chi connectivity index (χ4n) is 3.56. The van der Waals surface area contributed by atoms with Gasteiger partial charge >= 0.3 is 0 Å². The van der Waals surface area contributed by atoms with Crippen LogP contribution < -0.4 is 5.73 Å². The summed E-state index contributed by atoms with van der Waals surface area (Å²) >= 11 is 5.16. The first-order valence-corrected chi connectivity index (χ1v) is 7.94. The number of carbonyl (C=O) groups excluding carboxylic acids is 1. The number of amides is 1. The minimum Gasteiger partial charge on any atom is -0.393 e. The summed E-state index contributed by atoms with van der Waals surface area (Å²) in [5, 5.41) is 0. The van der Waals surface area contributed by atoms with Gasteiger partial charge in [-0.1, -0.05) is 38.9 Å². The van der Waals surface area contributed by atoms with Crippen molar-refractivity contribution >= 4 is 23.1 Å². The molecule has 0 spiro atoms. The number of nitrogens with two attached hydrogens (primary N) is 1. The SMILES string of the molecule is CCC1(C(=O)N2CCC(C)(C(N)=S)CC2)CCCC1. The smallest absolute Gasteiger partial charge is 0.228 e. The van der Waals surface area contributed by atoms with Crippen molar-refractivity contribution in [1.29, 1.82) is 0 Å². The van der Waals surface area contributed by atoms with Crippen LogP contribution in [0.15, 0.2) is 0 Å². The van der Waals surface area contributed by atoms with Crippen LogP contribution in [0.1, 0.15) is 58.8 Å². The summed E-state index contributed by atoms with van der Waals surface area (Å²) in [5.74, 6) is 0.387. The maximum atomic E-state index is 12.8. The molecule has 1 amide bonds. The van der Waals surface area contributed by atoms with Gasteiger partial charge in [0.15, 0.2) is 0 Å². The van der Waals surface area contributed by atoms with Crippen LogP contribution in [-0.2, 0) is 4.79 Å². The van der Waals surface area contributed by atoms with E-state index in [1.807, 2.05) is 0 Å². The molecule has 108 valence electrons. The summed E-state index contributed by atoms with van der Waals surface area (Å²) in [6.45, 7) is 5.91. The summed E-state index contributed by atoms with van der Waals surface area (Å²) in [7, 11) is 0. The maximum Gasteiger partial charge on any atom is 0.228 e. The first kappa shape index (κ1) is 14.8. The molecule has 1 aliphatic carbocycles. The van der Waals surface area contributed by atoms with Crippen LogP contribution in [0, 0.1) is 10.8 Å². The maximum absolute atomic E-state index is 12.8. The molecule has 1 aliphatic heterocycles. The topological polar surface area (TPSA) is 46.3 Å². The van der Waals surface area contributed by atoms with Crippen LogP contribution in [-0.4, -0.2) is 28.9 Å². The molecular formula is C15H26N2OS. The largest absolute Gasteiger partial charge is 0.393 e. The lowest BCUT2D eigenvalue weighted by molar-refractivity contribution is -0.144. The molecule has 0 radical (unpaired) electrons. The summed E-state index contributed by atoms with van der Waals surface area (Å²) in [6.07, 6.45) is 7.36. The van der Waals surface area contributed by atoms with Gasteiger partial charge in [0.1, 0.15) is 0 Å². The molecule has 0 aromatic heterocycles. The fourth-order valence-corrected chi connectivity index (χ4v) is 3.76. The first-order valence-electron chi connectivity index (χ1n) is 7.53. The van der Waals surface area contributed by atoms with Crippen molar-refractivity contribution in [1.82, 2.24) is 4.90 Å². The number of thiocarbonyl (C=S) groups is 1. The quantitative estimate of drug-likeness (QED) is 0.810. The standard InChI is InChI=1S/C15H26N2OS/c1-3-15(6-4-5-7-15)13(18)17-10-8-14(2,9-11-17)12(16)19/h3-11H2,1-2H3,(H2,16,19). The molecule has 1 saturated heterocycles. The molecule has 2 N–H and O–H groups in total. The van der Waals surface area contributed by atoms with Crippen LogP contribution in [0.25, 0.3) is 0 Å². The number of likely N-dealkylation sites (tertiary alicyclic amines) is 1. The van der Waals surface area contributed by atoms with Gasteiger partial charge in [-0.05, 0) is 32.1 Å². The number of carbonyl (C=O) groups is 1. The Hall–Kier alpha value is -0.640. The van der Waals surface area contributed by atoms with Crippen LogP contribution in [0.5, 0.6) is 0 Å². The lowest BCUT2D eigenvalue weighted by atomic mass is 9.77. The van der Waals surface area contributed by atoms with Crippen molar-refractivity contribution in [2.45, 2.75) is 58.8 Å². The predicted octanol–water partition coefficient (Wildman–Crippen LogP) is 2.87. The van der Waals surface area contributed by atoms with E-state index in [1.165, 1.54) is 12.8 Å². The Bertz CT molecular complexity index is 366. The fraction of sp³-hybridized carbons (Fsp3) is 0.867. The second kappa shape index (κ2) is 5.39. The van der Waals surface area contributed by atoms with Crippen molar-refractivity contribution < 1.29 is 4.79 Å². The minimum absolute atomic E-state index is 0.0544. The highest BCUT2D eigenvalue weighted by atomic mass is 32.1. The van der Waals surface area contributed by atoms with E-state index >= 15 is 0 Å². The highest BCUT2D eigenvalue weighted by Gasteiger charge is 2.44. The molecule has 0 bridgehead atoms. The third-order valence-corrected chi connectivity index (χ3v) is 5.93. The number of hydrogen-bond acceptors (Lipinski definition) is 2.